The third-order valence-electron chi connectivity index (χ3n) is 2.73. The van der Waals surface area contributed by atoms with Gasteiger partial charge in [-0.05, 0) is 24.8 Å². The zero-order valence-electron chi connectivity index (χ0n) is 7.71. The molecule has 2 N–H and O–H groups in total. The number of sulfone groups is 1. The van der Waals surface area contributed by atoms with E-state index in [0.717, 1.165) is 12.8 Å². The van der Waals surface area contributed by atoms with Gasteiger partial charge in [0, 0.05) is 0 Å². The predicted octanol–water partition coefficient (Wildman–Crippen LogP) is 0.548. The zero-order valence-corrected chi connectivity index (χ0v) is 8.52. The molecule has 1 heterocycles. The molecule has 0 aliphatic carbocycles. The van der Waals surface area contributed by atoms with E-state index < -0.39 is 9.84 Å². The molecule has 1 rings (SSSR count). The van der Waals surface area contributed by atoms with Crippen LogP contribution in [0.15, 0.2) is 0 Å². The first-order chi connectivity index (χ1) is 5.40. The molecule has 0 amide bonds. The van der Waals surface area contributed by atoms with Crippen LogP contribution in [0.1, 0.15) is 26.7 Å². The summed E-state index contributed by atoms with van der Waals surface area (Å²) in [5.74, 6) is 0.348. The summed E-state index contributed by atoms with van der Waals surface area (Å²) < 4.78 is 23.0. The molecule has 0 aromatic heterocycles. The summed E-state index contributed by atoms with van der Waals surface area (Å²) in [6.07, 6.45) is 1.59. The lowest BCUT2D eigenvalue weighted by Gasteiger charge is -2.28. The molecule has 0 bridgehead atoms. The number of hydrogen-bond donors (Lipinski definition) is 1. The Morgan fingerprint density at radius 3 is 2.42 bits per heavy atom. The van der Waals surface area contributed by atoms with Crippen molar-refractivity contribution in [2.45, 2.75) is 31.9 Å². The molecule has 4 heteroatoms. The summed E-state index contributed by atoms with van der Waals surface area (Å²) in [7, 11) is -2.84. The Bertz CT molecular complexity index is 256. The highest BCUT2D eigenvalue weighted by Crippen LogP contribution is 2.34. The van der Waals surface area contributed by atoms with E-state index in [1.54, 1.807) is 0 Å². The average Bonchev–Trinajstić information content (AvgIpc) is 2.30. The van der Waals surface area contributed by atoms with Gasteiger partial charge in [0.25, 0.3) is 0 Å². The van der Waals surface area contributed by atoms with Gasteiger partial charge in [-0.1, -0.05) is 13.8 Å². The average molecular weight is 191 g/mol. The van der Waals surface area contributed by atoms with Crippen LogP contribution in [0.25, 0.3) is 0 Å². The first-order valence-corrected chi connectivity index (χ1v) is 6.03. The number of nitrogens with two attached hydrogens (primary N) is 1. The second-order valence-corrected chi connectivity index (χ2v) is 6.49. The Kier molecular flexibility index (Phi) is 2.50. The van der Waals surface area contributed by atoms with Gasteiger partial charge in [0.1, 0.15) is 0 Å². The van der Waals surface area contributed by atoms with E-state index in [1.807, 2.05) is 13.8 Å². The molecule has 1 unspecified atom stereocenters. The van der Waals surface area contributed by atoms with Gasteiger partial charge in [-0.2, -0.15) is 0 Å². The van der Waals surface area contributed by atoms with Crippen LogP contribution in [0, 0.1) is 5.41 Å². The van der Waals surface area contributed by atoms with Crippen molar-refractivity contribution in [2.24, 2.45) is 11.1 Å². The number of rotatable bonds is 2. The Labute approximate surface area is 74.3 Å². The first-order valence-electron chi connectivity index (χ1n) is 4.32. The topological polar surface area (TPSA) is 60.2 Å². The molecule has 3 nitrogen and oxygen atoms in total. The van der Waals surface area contributed by atoms with Crippen molar-refractivity contribution in [2.75, 3.05) is 12.3 Å². The molecule has 1 saturated heterocycles. The summed E-state index contributed by atoms with van der Waals surface area (Å²) in [5.41, 5.74) is 5.29. The molecule has 1 fully saturated rings. The fraction of sp³-hybridized carbons (Fsp3) is 1.00. The van der Waals surface area contributed by atoms with Crippen molar-refractivity contribution in [1.82, 2.24) is 0 Å². The highest BCUT2D eigenvalue weighted by atomic mass is 32.2. The van der Waals surface area contributed by atoms with Gasteiger partial charge in [0.2, 0.25) is 0 Å². The van der Waals surface area contributed by atoms with Gasteiger partial charge >= 0.3 is 0 Å². The van der Waals surface area contributed by atoms with Gasteiger partial charge in [-0.3, -0.25) is 0 Å². The van der Waals surface area contributed by atoms with Crippen LogP contribution in [0.5, 0.6) is 0 Å². The van der Waals surface area contributed by atoms with Crippen molar-refractivity contribution in [3.05, 3.63) is 0 Å². The van der Waals surface area contributed by atoms with E-state index >= 15 is 0 Å². The van der Waals surface area contributed by atoms with Crippen LogP contribution < -0.4 is 5.73 Å². The second-order valence-electron chi connectivity index (χ2n) is 4.19. The van der Waals surface area contributed by atoms with E-state index in [0.29, 0.717) is 12.3 Å². The second kappa shape index (κ2) is 3.00. The summed E-state index contributed by atoms with van der Waals surface area (Å²) in [5, 5.41) is -0.213. The molecule has 0 aromatic carbocycles. The summed E-state index contributed by atoms with van der Waals surface area (Å²) >= 11 is 0. The Morgan fingerprint density at radius 2 is 2.08 bits per heavy atom. The van der Waals surface area contributed by atoms with E-state index in [4.69, 9.17) is 5.73 Å². The monoisotopic (exact) mass is 191 g/mol. The molecule has 72 valence electrons. The Hall–Kier alpha value is -0.0900. The van der Waals surface area contributed by atoms with E-state index in [-0.39, 0.29) is 10.7 Å². The highest BCUT2D eigenvalue weighted by Gasteiger charge is 2.41. The minimum Gasteiger partial charge on any atom is -0.330 e. The van der Waals surface area contributed by atoms with Gasteiger partial charge in [0.15, 0.2) is 9.84 Å². The van der Waals surface area contributed by atoms with Crippen molar-refractivity contribution < 1.29 is 8.42 Å². The minimum atomic E-state index is -2.84. The maximum atomic E-state index is 11.5. The molecule has 0 spiro atoms. The number of hydrogen-bond acceptors (Lipinski definition) is 3. The summed E-state index contributed by atoms with van der Waals surface area (Å²) in [6.45, 7) is 4.30. The first kappa shape index (κ1) is 9.99. The lowest BCUT2D eigenvalue weighted by Crippen LogP contribution is -2.39. The summed E-state index contributed by atoms with van der Waals surface area (Å²) in [4.78, 5) is 0. The Balaban J connectivity index is 2.90. The Morgan fingerprint density at radius 1 is 1.50 bits per heavy atom. The quantitative estimate of drug-likeness (QED) is 0.693. The van der Waals surface area contributed by atoms with Crippen molar-refractivity contribution >= 4 is 9.84 Å². The molecular formula is C8H17NO2S. The molecule has 0 radical (unpaired) electrons. The van der Waals surface area contributed by atoms with Crippen LogP contribution in [0.3, 0.4) is 0 Å². The molecule has 1 aliphatic rings. The third kappa shape index (κ3) is 1.64. The van der Waals surface area contributed by atoms with Crippen molar-refractivity contribution in [3.8, 4) is 0 Å². The maximum Gasteiger partial charge on any atom is 0.153 e. The van der Waals surface area contributed by atoms with E-state index in [2.05, 4.69) is 0 Å². The fourth-order valence-electron chi connectivity index (χ4n) is 1.80. The molecule has 1 aliphatic heterocycles. The van der Waals surface area contributed by atoms with Crippen molar-refractivity contribution in [1.29, 1.82) is 0 Å². The van der Waals surface area contributed by atoms with Crippen LogP contribution in [-0.2, 0) is 9.84 Å². The maximum absolute atomic E-state index is 11.5. The minimum absolute atomic E-state index is 0.213. The van der Waals surface area contributed by atoms with Gasteiger partial charge in [-0.25, -0.2) is 8.42 Å². The molecule has 0 aromatic rings. The van der Waals surface area contributed by atoms with E-state index in [1.165, 1.54) is 0 Å². The standard InChI is InChI=1S/C8H17NO2S/c1-8(2,6-9)7-4-3-5-12(7,10)11/h7H,3-6,9H2,1-2H3. The highest BCUT2D eigenvalue weighted by molar-refractivity contribution is 7.92. The summed E-state index contributed by atoms with van der Waals surface area (Å²) in [6, 6.07) is 0. The molecule has 0 saturated carbocycles. The fourth-order valence-corrected chi connectivity index (χ4v) is 4.25. The van der Waals surface area contributed by atoms with Crippen LogP contribution >= 0.6 is 0 Å². The predicted molar refractivity (Wildman–Crippen MR) is 49.6 cm³/mol. The third-order valence-corrected chi connectivity index (χ3v) is 5.32. The normalized spacial score (nSPS) is 29.1. The van der Waals surface area contributed by atoms with Gasteiger partial charge in [-0.15, -0.1) is 0 Å². The van der Waals surface area contributed by atoms with E-state index in [9.17, 15) is 8.42 Å². The van der Waals surface area contributed by atoms with Crippen LogP contribution in [0.2, 0.25) is 0 Å². The van der Waals surface area contributed by atoms with Crippen LogP contribution in [0.4, 0.5) is 0 Å². The largest absolute Gasteiger partial charge is 0.330 e. The smallest absolute Gasteiger partial charge is 0.153 e. The van der Waals surface area contributed by atoms with Gasteiger partial charge in [0.05, 0.1) is 11.0 Å². The van der Waals surface area contributed by atoms with Gasteiger partial charge < -0.3 is 5.73 Å². The zero-order chi connectivity index (χ0) is 9.41. The lowest BCUT2D eigenvalue weighted by atomic mass is 9.87. The lowest BCUT2D eigenvalue weighted by molar-refractivity contribution is 0.346. The molecule has 1 atom stereocenters. The molecular weight excluding hydrogens is 174 g/mol. The molecule has 12 heavy (non-hydrogen) atoms. The SMILES string of the molecule is CC(C)(CN)C1CCCS1(=O)=O. The van der Waals surface area contributed by atoms with Crippen molar-refractivity contribution in [3.63, 3.8) is 0 Å². The van der Waals surface area contributed by atoms with Crippen LogP contribution in [-0.4, -0.2) is 26.0 Å².